The van der Waals surface area contributed by atoms with Crippen molar-refractivity contribution >= 4 is 29.4 Å². The number of hydrogen-bond acceptors (Lipinski definition) is 6. The van der Waals surface area contributed by atoms with Crippen molar-refractivity contribution in [3.8, 4) is 0 Å². The Morgan fingerprint density at radius 3 is 0.880 bits per heavy atom. The predicted molar refractivity (Wildman–Crippen MR) is 316 cm³/mol. The zero-order valence-electron chi connectivity index (χ0n) is 51.5. The van der Waals surface area contributed by atoms with Crippen LogP contribution in [0.25, 0.3) is 0 Å². The summed E-state index contributed by atoms with van der Waals surface area (Å²) in [6.45, 7) is 5.48. The predicted octanol–water partition coefficient (Wildman–Crippen LogP) is 11.4. The van der Waals surface area contributed by atoms with Crippen LogP contribution in [0, 0.1) is 0 Å². The number of aliphatic carboxylic acids is 1. The molecule has 0 atom stereocenters. The van der Waals surface area contributed by atoms with E-state index in [1.807, 2.05) is 14.1 Å². The molecule has 0 aromatic carbocycles. The van der Waals surface area contributed by atoms with Crippen LogP contribution in [0.2, 0.25) is 0 Å². The average molecular weight is 1060 g/mol. The zero-order valence-corrected chi connectivity index (χ0v) is 51.5. The number of Topliss-reactive ketones (excluding diaryl/α,β-unsaturated/α-hetero) is 2. The van der Waals surface area contributed by atoms with E-state index >= 15 is 0 Å². The maximum atomic E-state index is 12.0. The van der Waals surface area contributed by atoms with Gasteiger partial charge in [-0.1, -0.05) is 101 Å². The highest BCUT2D eigenvalue weighted by Crippen LogP contribution is 2.14. The van der Waals surface area contributed by atoms with E-state index < -0.39 is 5.97 Å². The molecule has 0 aromatic heterocycles. The van der Waals surface area contributed by atoms with Gasteiger partial charge in [0.25, 0.3) is 0 Å². The van der Waals surface area contributed by atoms with E-state index in [-0.39, 0.29) is 18.4 Å². The number of unbranched alkanes of at least 4 members (excludes halogenated alkanes) is 22. The number of nitrogens with zero attached hydrogens (tertiary/aromatic N) is 4. The molecule has 440 valence electrons. The van der Waals surface area contributed by atoms with Crippen LogP contribution in [-0.4, -0.2) is 171 Å². The van der Waals surface area contributed by atoms with Crippen molar-refractivity contribution in [2.75, 3.05) is 123 Å². The molecule has 0 bridgehead atoms. The molecule has 12 heteroatoms. The second kappa shape index (κ2) is 48.2. The third kappa shape index (κ3) is 65.3. The molecule has 2 N–H and O–H groups in total. The molecule has 0 radical (unpaired) electrons. The Bertz CT molecular complexity index is 1420. The van der Waals surface area contributed by atoms with Crippen molar-refractivity contribution in [3.63, 3.8) is 0 Å². The molecule has 0 heterocycles. The molecule has 2 amide bonds. The SMILES string of the molecule is C[N+](C)(C)CCCCC(=O)CCCCCCC/C=C/CCCCCCCC(=O)NCCC[N+](C)(C)C.C[N+](C)(C)CCCCC(=O)CCCCCCC/C=C/CCCCCCCC(=O)NCCC[N+](C)(C)CC(=O)[O-]. The van der Waals surface area contributed by atoms with Gasteiger partial charge in [-0.15, -0.1) is 0 Å². The number of carbonyl (C=O) groups is 5. The minimum Gasteiger partial charge on any atom is -0.544 e. The molecule has 0 aromatic rings. The highest BCUT2D eigenvalue weighted by atomic mass is 16.4. The number of carbonyl (C=O) groups excluding carboxylic acids is 5. The summed E-state index contributed by atoms with van der Waals surface area (Å²) in [6, 6.07) is 0. The van der Waals surface area contributed by atoms with Gasteiger partial charge in [0.15, 0.2) is 0 Å². The van der Waals surface area contributed by atoms with Gasteiger partial charge >= 0.3 is 0 Å². The Hall–Kier alpha value is -2.93. The quantitative estimate of drug-likeness (QED) is 0.0354. The van der Waals surface area contributed by atoms with Gasteiger partial charge in [-0.05, 0) is 103 Å². The number of ketones is 2. The highest BCUT2D eigenvalue weighted by molar-refractivity contribution is 5.78. The first-order valence-corrected chi connectivity index (χ1v) is 30.7. The maximum absolute atomic E-state index is 12.0. The van der Waals surface area contributed by atoms with Crippen LogP contribution in [0.4, 0.5) is 0 Å². The van der Waals surface area contributed by atoms with E-state index in [0.717, 1.165) is 155 Å². The fraction of sp³-hybridized carbons (Fsp3) is 0.857. The zero-order chi connectivity index (χ0) is 56.5. The molecule has 0 aliphatic rings. The summed E-state index contributed by atoms with van der Waals surface area (Å²) in [7, 11) is 23.5. The summed E-state index contributed by atoms with van der Waals surface area (Å²) in [5.41, 5.74) is 0. The molecule has 0 unspecified atom stereocenters. The Morgan fingerprint density at radius 2 is 0.573 bits per heavy atom. The normalized spacial score (nSPS) is 12.3. The van der Waals surface area contributed by atoms with Crippen LogP contribution in [0.3, 0.4) is 0 Å². The van der Waals surface area contributed by atoms with Gasteiger partial charge in [0.1, 0.15) is 18.1 Å². The number of rotatable bonds is 52. The summed E-state index contributed by atoms with van der Waals surface area (Å²) in [4.78, 5) is 58.5. The third-order valence-corrected chi connectivity index (χ3v) is 13.8. The first-order valence-electron chi connectivity index (χ1n) is 30.7. The smallest absolute Gasteiger partial charge is 0.219 e. The van der Waals surface area contributed by atoms with Gasteiger partial charge in [-0.25, -0.2) is 0 Å². The van der Waals surface area contributed by atoms with Gasteiger partial charge in [0.2, 0.25) is 11.8 Å². The molecule has 0 spiro atoms. The lowest BCUT2D eigenvalue weighted by atomic mass is 10.0. The number of amides is 2. The first-order chi connectivity index (χ1) is 35.4. The molecule has 75 heavy (non-hydrogen) atoms. The van der Waals surface area contributed by atoms with Crippen LogP contribution in [0.1, 0.15) is 231 Å². The number of likely N-dealkylation sites (N-methyl/N-ethyl adjacent to an activating group) is 1. The van der Waals surface area contributed by atoms with Crippen LogP contribution in [-0.2, 0) is 24.0 Å². The Morgan fingerprint density at radius 1 is 0.320 bits per heavy atom. The maximum Gasteiger partial charge on any atom is 0.219 e. The third-order valence-electron chi connectivity index (χ3n) is 13.8. The van der Waals surface area contributed by atoms with Crippen LogP contribution >= 0.6 is 0 Å². The van der Waals surface area contributed by atoms with Gasteiger partial charge < -0.3 is 38.5 Å². The molecular weight excluding hydrogens is 937 g/mol. The van der Waals surface area contributed by atoms with E-state index in [9.17, 15) is 29.1 Å². The fourth-order valence-electron chi connectivity index (χ4n) is 9.04. The number of hydrogen-bond donors (Lipinski definition) is 2. The van der Waals surface area contributed by atoms with E-state index in [4.69, 9.17) is 0 Å². The van der Waals surface area contributed by atoms with Crippen molar-refractivity contribution in [1.29, 1.82) is 0 Å². The Balaban J connectivity index is 0. The van der Waals surface area contributed by atoms with Crippen molar-refractivity contribution in [3.05, 3.63) is 24.3 Å². The summed E-state index contributed by atoms with van der Waals surface area (Å²) in [5.74, 6) is 0.185. The van der Waals surface area contributed by atoms with E-state index in [2.05, 4.69) is 98.4 Å². The van der Waals surface area contributed by atoms with E-state index in [1.165, 1.54) is 103 Å². The van der Waals surface area contributed by atoms with Crippen LogP contribution in [0.5, 0.6) is 0 Å². The number of carboxylic acids is 1. The minimum atomic E-state index is -1.04. The topological polar surface area (TPSA) is 132 Å². The minimum absolute atomic E-state index is 0.00705. The van der Waals surface area contributed by atoms with Gasteiger partial charge in [0, 0.05) is 64.5 Å². The highest BCUT2D eigenvalue weighted by Gasteiger charge is 2.15. The molecule has 0 rings (SSSR count). The van der Waals surface area contributed by atoms with Gasteiger partial charge in [-0.2, -0.15) is 0 Å². The second-order valence-corrected chi connectivity index (χ2v) is 25.8. The van der Waals surface area contributed by atoms with Crippen molar-refractivity contribution in [2.45, 2.75) is 231 Å². The molecule has 12 nitrogen and oxygen atoms in total. The fourth-order valence-corrected chi connectivity index (χ4v) is 9.04. The lowest BCUT2D eigenvalue weighted by Crippen LogP contribution is -2.49. The molecule has 0 saturated heterocycles. The number of allylic oxidation sites excluding steroid dienone is 4. The van der Waals surface area contributed by atoms with Crippen LogP contribution < -0.4 is 15.7 Å². The Labute approximate surface area is 464 Å². The van der Waals surface area contributed by atoms with Gasteiger partial charge in [0.05, 0.1) is 110 Å². The lowest BCUT2D eigenvalue weighted by molar-refractivity contribution is -0.884. The van der Waals surface area contributed by atoms with E-state index in [0.29, 0.717) is 42.0 Å². The molecular formula is C63H125N6O6+3. The largest absolute Gasteiger partial charge is 0.544 e. The van der Waals surface area contributed by atoms with Crippen molar-refractivity contribution < 1.29 is 47.0 Å². The summed E-state index contributed by atoms with van der Waals surface area (Å²) < 4.78 is 3.29. The summed E-state index contributed by atoms with van der Waals surface area (Å²) in [6.07, 6.45) is 48.2. The first kappa shape index (κ1) is 74.1. The standard InChI is InChI=1S/C32H61N3O4.C31H62N3O2/c1-34(2,3)27-21-20-24-30(36)23-18-16-14-12-10-8-6-7-9-11-13-15-17-19-25-31(37)33-26-22-28-35(4,5)29-32(38)39;1-33(2,3)28-22-21-25-30(35)24-19-17-15-13-11-9-7-8-10-12-14-16-18-20-26-31(36)32-27-23-29-34(4,5)6/h6-7H,8-29H2,1-5H3;7-8H,9-29H2,1-6H3/q;+1/p+2/b7-6+;8-7+. The number of carboxylic acid groups (broad SMARTS) is 1. The van der Waals surface area contributed by atoms with Crippen LogP contribution in [0.15, 0.2) is 24.3 Å². The monoisotopic (exact) mass is 1060 g/mol. The number of quaternary nitrogens is 4. The molecule has 0 fully saturated rings. The summed E-state index contributed by atoms with van der Waals surface area (Å²) >= 11 is 0. The number of nitrogens with one attached hydrogen (secondary N) is 2. The Kier molecular flexibility index (Phi) is 47.7. The molecule has 0 aliphatic heterocycles. The van der Waals surface area contributed by atoms with Crippen molar-refractivity contribution in [1.82, 2.24) is 10.6 Å². The molecule has 0 saturated carbocycles. The molecule has 0 aliphatic carbocycles. The van der Waals surface area contributed by atoms with Gasteiger partial charge in [-0.3, -0.25) is 19.2 Å². The van der Waals surface area contributed by atoms with E-state index in [1.54, 1.807) is 0 Å². The van der Waals surface area contributed by atoms with Crippen molar-refractivity contribution in [2.24, 2.45) is 0 Å². The second-order valence-electron chi connectivity index (χ2n) is 25.8. The lowest BCUT2D eigenvalue weighted by Gasteiger charge is -2.30. The summed E-state index contributed by atoms with van der Waals surface area (Å²) in [5, 5.41) is 16.7. The average Bonchev–Trinajstić information content (AvgIpc) is 3.30.